The smallest absolute Gasteiger partial charge is 0.112 e. The van der Waals surface area contributed by atoms with E-state index in [0.29, 0.717) is 6.61 Å². The summed E-state index contributed by atoms with van der Waals surface area (Å²) >= 11 is 0. The van der Waals surface area contributed by atoms with E-state index in [4.69, 9.17) is 5.90 Å². The Balaban J connectivity index is 2.25. The molecular formula is C10H11N3O. The molecule has 4 heteroatoms. The number of hydrogen-bond acceptors (Lipinski definition) is 3. The van der Waals surface area contributed by atoms with Crippen molar-refractivity contribution in [1.82, 2.24) is 9.78 Å². The Morgan fingerprint density at radius 3 is 2.71 bits per heavy atom. The van der Waals surface area contributed by atoms with E-state index in [9.17, 15) is 0 Å². The van der Waals surface area contributed by atoms with Gasteiger partial charge in [-0.2, -0.15) is 5.10 Å². The van der Waals surface area contributed by atoms with Crippen LogP contribution >= 0.6 is 0 Å². The molecule has 1 aromatic heterocycles. The van der Waals surface area contributed by atoms with Crippen molar-refractivity contribution in [2.24, 2.45) is 5.90 Å². The summed E-state index contributed by atoms with van der Waals surface area (Å²) in [6.07, 6.45) is 1.88. The van der Waals surface area contributed by atoms with E-state index < -0.39 is 0 Å². The lowest BCUT2D eigenvalue weighted by Gasteiger charge is -1.99. The van der Waals surface area contributed by atoms with Crippen molar-refractivity contribution < 1.29 is 4.84 Å². The standard InChI is InChI=1S/C10H11N3O/c11-14-8-9-6-7-13(12-9)10-4-2-1-3-5-10/h1-7H,8,11H2. The largest absolute Gasteiger partial charge is 0.298 e. The number of nitrogens with two attached hydrogens (primary N) is 1. The second kappa shape index (κ2) is 4.04. The van der Waals surface area contributed by atoms with E-state index in [2.05, 4.69) is 9.94 Å². The molecule has 0 aliphatic rings. The highest BCUT2D eigenvalue weighted by Crippen LogP contribution is 2.06. The van der Waals surface area contributed by atoms with Gasteiger partial charge in [-0.15, -0.1) is 0 Å². The Kier molecular flexibility index (Phi) is 2.58. The van der Waals surface area contributed by atoms with Gasteiger partial charge in [-0.1, -0.05) is 18.2 Å². The summed E-state index contributed by atoms with van der Waals surface area (Å²) in [4.78, 5) is 4.50. The van der Waals surface area contributed by atoms with Crippen LogP contribution in [-0.4, -0.2) is 9.78 Å². The summed E-state index contributed by atoms with van der Waals surface area (Å²) < 4.78 is 1.79. The second-order valence-electron chi connectivity index (χ2n) is 2.90. The number of aromatic nitrogens is 2. The van der Waals surface area contributed by atoms with Crippen LogP contribution in [0.2, 0.25) is 0 Å². The molecule has 0 aliphatic heterocycles. The van der Waals surface area contributed by atoms with Gasteiger partial charge in [0.15, 0.2) is 0 Å². The molecule has 0 saturated carbocycles. The fourth-order valence-electron chi connectivity index (χ4n) is 1.25. The molecule has 0 bridgehead atoms. The zero-order chi connectivity index (χ0) is 9.80. The van der Waals surface area contributed by atoms with E-state index in [1.807, 2.05) is 42.6 Å². The van der Waals surface area contributed by atoms with Gasteiger partial charge in [0.1, 0.15) is 6.61 Å². The Labute approximate surface area is 81.9 Å². The van der Waals surface area contributed by atoms with Crippen LogP contribution in [0.25, 0.3) is 5.69 Å². The monoisotopic (exact) mass is 189 g/mol. The van der Waals surface area contributed by atoms with Crippen LogP contribution in [0.1, 0.15) is 5.69 Å². The van der Waals surface area contributed by atoms with Crippen molar-refractivity contribution >= 4 is 0 Å². The summed E-state index contributed by atoms with van der Waals surface area (Å²) in [5.41, 5.74) is 1.84. The van der Waals surface area contributed by atoms with Gasteiger partial charge < -0.3 is 0 Å². The van der Waals surface area contributed by atoms with Crippen LogP contribution in [0, 0.1) is 0 Å². The maximum atomic E-state index is 4.96. The first-order valence-corrected chi connectivity index (χ1v) is 4.32. The molecule has 4 nitrogen and oxygen atoms in total. The highest BCUT2D eigenvalue weighted by molar-refractivity contribution is 5.30. The number of para-hydroxylation sites is 1. The highest BCUT2D eigenvalue weighted by Gasteiger charge is 1.99. The molecule has 14 heavy (non-hydrogen) atoms. The lowest BCUT2D eigenvalue weighted by molar-refractivity contribution is 0.121. The van der Waals surface area contributed by atoms with Crippen molar-refractivity contribution in [2.45, 2.75) is 6.61 Å². The normalized spacial score (nSPS) is 10.4. The van der Waals surface area contributed by atoms with E-state index in [-0.39, 0.29) is 0 Å². The fraction of sp³-hybridized carbons (Fsp3) is 0.100. The van der Waals surface area contributed by atoms with Crippen LogP contribution in [0.3, 0.4) is 0 Å². The minimum Gasteiger partial charge on any atom is -0.298 e. The summed E-state index contributed by atoms with van der Waals surface area (Å²) in [5.74, 6) is 4.96. The second-order valence-corrected chi connectivity index (χ2v) is 2.90. The maximum absolute atomic E-state index is 4.96. The third kappa shape index (κ3) is 1.81. The molecule has 0 fully saturated rings. The van der Waals surface area contributed by atoms with Crippen molar-refractivity contribution in [3.8, 4) is 5.69 Å². The van der Waals surface area contributed by atoms with Gasteiger partial charge in [0.2, 0.25) is 0 Å². The summed E-state index contributed by atoms with van der Waals surface area (Å²) in [6, 6.07) is 11.8. The molecule has 0 radical (unpaired) electrons. The van der Waals surface area contributed by atoms with Crippen molar-refractivity contribution in [2.75, 3.05) is 0 Å². The topological polar surface area (TPSA) is 53.1 Å². The molecule has 0 atom stereocenters. The van der Waals surface area contributed by atoms with Gasteiger partial charge in [0, 0.05) is 6.20 Å². The number of rotatable bonds is 3. The van der Waals surface area contributed by atoms with Gasteiger partial charge in [0.25, 0.3) is 0 Å². The third-order valence-electron chi connectivity index (χ3n) is 1.90. The van der Waals surface area contributed by atoms with Crippen molar-refractivity contribution in [1.29, 1.82) is 0 Å². The molecule has 1 heterocycles. The SMILES string of the molecule is NOCc1ccn(-c2ccccc2)n1. The summed E-state index contributed by atoms with van der Waals surface area (Å²) in [6.45, 7) is 0.333. The Bertz CT molecular complexity index is 397. The average molecular weight is 189 g/mol. The Morgan fingerprint density at radius 2 is 2.00 bits per heavy atom. The summed E-state index contributed by atoms with van der Waals surface area (Å²) in [7, 11) is 0. The Morgan fingerprint density at radius 1 is 1.21 bits per heavy atom. The third-order valence-corrected chi connectivity index (χ3v) is 1.90. The zero-order valence-electron chi connectivity index (χ0n) is 7.63. The Hall–Kier alpha value is -1.65. The minimum atomic E-state index is 0.333. The van der Waals surface area contributed by atoms with Crippen molar-refractivity contribution in [3.05, 3.63) is 48.3 Å². The van der Waals surface area contributed by atoms with Gasteiger partial charge >= 0.3 is 0 Å². The lowest BCUT2D eigenvalue weighted by atomic mass is 10.3. The van der Waals surface area contributed by atoms with E-state index in [1.54, 1.807) is 4.68 Å². The molecule has 2 aromatic rings. The fourth-order valence-corrected chi connectivity index (χ4v) is 1.25. The highest BCUT2D eigenvalue weighted by atomic mass is 16.6. The number of nitrogens with zero attached hydrogens (tertiary/aromatic N) is 2. The van der Waals surface area contributed by atoms with Crippen LogP contribution in [-0.2, 0) is 11.4 Å². The molecule has 0 saturated heterocycles. The van der Waals surface area contributed by atoms with Gasteiger partial charge in [-0.05, 0) is 18.2 Å². The molecule has 72 valence electrons. The molecule has 0 aliphatic carbocycles. The first kappa shape index (κ1) is 8.93. The molecule has 0 unspecified atom stereocenters. The average Bonchev–Trinajstić information content (AvgIpc) is 2.68. The first-order chi connectivity index (χ1) is 6.90. The van der Waals surface area contributed by atoms with E-state index in [0.717, 1.165) is 11.4 Å². The van der Waals surface area contributed by atoms with Crippen LogP contribution < -0.4 is 5.90 Å². The molecule has 1 aromatic carbocycles. The van der Waals surface area contributed by atoms with Crippen LogP contribution in [0.15, 0.2) is 42.6 Å². The minimum absolute atomic E-state index is 0.333. The van der Waals surface area contributed by atoms with Crippen LogP contribution in [0.4, 0.5) is 0 Å². The van der Waals surface area contributed by atoms with Gasteiger partial charge in [-0.3, -0.25) is 4.84 Å². The van der Waals surface area contributed by atoms with E-state index in [1.165, 1.54) is 0 Å². The van der Waals surface area contributed by atoms with Gasteiger partial charge in [0.05, 0.1) is 11.4 Å². The molecule has 0 amide bonds. The van der Waals surface area contributed by atoms with E-state index >= 15 is 0 Å². The molecule has 2 N–H and O–H groups in total. The lowest BCUT2D eigenvalue weighted by Crippen LogP contribution is -2.01. The predicted molar refractivity (Wildman–Crippen MR) is 52.5 cm³/mol. The van der Waals surface area contributed by atoms with Gasteiger partial charge in [-0.25, -0.2) is 10.6 Å². The zero-order valence-corrected chi connectivity index (χ0v) is 7.63. The number of hydrogen-bond donors (Lipinski definition) is 1. The molecule has 0 spiro atoms. The van der Waals surface area contributed by atoms with Crippen molar-refractivity contribution in [3.63, 3.8) is 0 Å². The number of benzene rings is 1. The van der Waals surface area contributed by atoms with Crippen LogP contribution in [0.5, 0.6) is 0 Å². The molecular weight excluding hydrogens is 178 g/mol. The molecule has 2 rings (SSSR count). The first-order valence-electron chi connectivity index (χ1n) is 4.32. The maximum Gasteiger partial charge on any atom is 0.112 e. The quantitative estimate of drug-likeness (QED) is 0.739. The summed E-state index contributed by atoms with van der Waals surface area (Å²) in [5, 5.41) is 4.28. The predicted octanol–water partition coefficient (Wildman–Crippen LogP) is 1.26.